The summed E-state index contributed by atoms with van der Waals surface area (Å²) in [5.74, 6) is 0.716. The molecular weight excluding hydrogens is 268 g/mol. The van der Waals surface area contributed by atoms with Crippen molar-refractivity contribution in [3.63, 3.8) is 0 Å². The maximum absolute atomic E-state index is 12.6. The first-order chi connectivity index (χ1) is 10.1. The van der Waals surface area contributed by atoms with E-state index in [2.05, 4.69) is 5.32 Å². The maximum atomic E-state index is 12.6. The number of hydrogen-bond donors (Lipinski definition) is 1. The van der Waals surface area contributed by atoms with Gasteiger partial charge in [0.15, 0.2) is 0 Å². The smallest absolute Gasteiger partial charge is 0.254 e. The molecule has 3 rings (SSSR count). The summed E-state index contributed by atoms with van der Waals surface area (Å²) >= 11 is 0. The van der Waals surface area contributed by atoms with E-state index in [-0.39, 0.29) is 11.9 Å². The van der Waals surface area contributed by atoms with Crippen LogP contribution in [-0.2, 0) is 11.8 Å². The molecule has 2 heterocycles. The molecule has 1 aliphatic heterocycles. The molecule has 0 aliphatic carbocycles. The Morgan fingerprint density at radius 3 is 2.95 bits per heavy atom. The number of rotatable bonds is 3. The second-order valence-electron chi connectivity index (χ2n) is 5.44. The fourth-order valence-electron chi connectivity index (χ4n) is 2.87. The Kier molecular flexibility index (Phi) is 3.59. The number of carbonyl (C=O) groups is 1. The molecule has 1 aromatic carbocycles. The van der Waals surface area contributed by atoms with Gasteiger partial charge in [-0.15, -0.1) is 0 Å². The van der Waals surface area contributed by atoms with Crippen molar-refractivity contribution in [2.45, 2.75) is 19.4 Å². The molecule has 5 heteroatoms. The van der Waals surface area contributed by atoms with Gasteiger partial charge >= 0.3 is 0 Å². The number of carbonyl (C=O) groups excluding carboxylic acids is 1. The third-order valence-electron chi connectivity index (χ3n) is 4.19. The minimum absolute atomic E-state index is 0.0400. The number of aryl methyl sites for hydroxylation is 1. The van der Waals surface area contributed by atoms with E-state index in [1.807, 2.05) is 36.7 Å². The SMILES string of the molecule is COc1ccc2c(c1)c(C(=O)N[C@H]1CCOC1)c(C)n2C. The molecule has 1 atom stereocenters. The van der Waals surface area contributed by atoms with E-state index < -0.39 is 0 Å². The number of fused-ring (bicyclic) bond motifs is 1. The lowest BCUT2D eigenvalue weighted by Crippen LogP contribution is -2.35. The van der Waals surface area contributed by atoms with Crippen LogP contribution in [0.3, 0.4) is 0 Å². The van der Waals surface area contributed by atoms with Crippen LogP contribution in [-0.4, -0.2) is 36.8 Å². The van der Waals surface area contributed by atoms with Crippen molar-refractivity contribution < 1.29 is 14.3 Å². The van der Waals surface area contributed by atoms with Crippen molar-refractivity contribution in [3.05, 3.63) is 29.5 Å². The van der Waals surface area contributed by atoms with Crippen molar-refractivity contribution in [1.29, 1.82) is 0 Å². The highest BCUT2D eigenvalue weighted by Crippen LogP contribution is 2.28. The zero-order valence-corrected chi connectivity index (χ0v) is 12.6. The molecule has 0 saturated carbocycles. The third-order valence-corrected chi connectivity index (χ3v) is 4.19. The van der Waals surface area contributed by atoms with Gasteiger partial charge in [-0.2, -0.15) is 0 Å². The minimum atomic E-state index is -0.0400. The quantitative estimate of drug-likeness (QED) is 0.940. The molecule has 1 fully saturated rings. The molecule has 1 aliphatic rings. The van der Waals surface area contributed by atoms with Gasteiger partial charge in [-0.1, -0.05) is 0 Å². The highest BCUT2D eigenvalue weighted by atomic mass is 16.5. The predicted octanol–water partition coefficient (Wildman–Crippen LogP) is 2.01. The molecule has 0 bridgehead atoms. The van der Waals surface area contributed by atoms with Crippen LogP contribution in [0.2, 0.25) is 0 Å². The fraction of sp³-hybridized carbons (Fsp3) is 0.438. The number of amides is 1. The monoisotopic (exact) mass is 288 g/mol. The van der Waals surface area contributed by atoms with Crippen LogP contribution in [0.4, 0.5) is 0 Å². The molecule has 0 unspecified atom stereocenters. The Bertz CT molecular complexity index is 684. The van der Waals surface area contributed by atoms with Crippen molar-refractivity contribution in [2.75, 3.05) is 20.3 Å². The van der Waals surface area contributed by atoms with Crippen molar-refractivity contribution in [3.8, 4) is 5.75 Å². The average molecular weight is 288 g/mol. The lowest BCUT2D eigenvalue weighted by Gasteiger charge is -2.11. The molecule has 0 radical (unpaired) electrons. The standard InChI is InChI=1S/C16H20N2O3/c1-10-15(16(19)17-11-6-7-21-9-11)13-8-12(20-3)4-5-14(13)18(10)2/h4-5,8,11H,6-7,9H2,1-3H3,(H,17,19)/t11-/m0/s1. The molecular formula is C16H20N2O3. The molecule has 1 N–H and O–H groups in total. The van der Waals surface area contributed by atoms with Gasteiger partial charge in [-0.3, -0.25) is 4.79 Å². The van der Waals surface area contributed by atoms with Crippen LogP contribution < -0.4 is 10.1 Å². The number of methoxy groups -OCH3 is 1. The summed E-state index contributed by atoms with van der Waals surface area (Å²) in [7, 11) is 3.60. The number of ether oxygens (including phenoxy) is 2. The average Bonchev–Trinajstić information content (AvgIpc) is 3.06. The van der Waals surface area contributed by atoms with Crippen LogP contribution in [0.1, 0.15) is 22.5 Å². The lowest BCUT2D eigenvalue weighted by molar-refractivity contribution is 0.0930. The topological polar surface area (TPSA) is 52.5 Å². The van der Waals surface area contributed by atoms with Gasteiger partial charge in [0, 0.05) is 30.3 Å². The van der Waals surface area contributed by atoms with E-state index in [4.69, 9.17) is 9.47 Å². The molecule has 1 aromatic heterocycles. The third kappa shape index (κ3) is 2.38. The van der Waals surface area contributed by atoms with Crippen molar-refractivity contribution in [2.24, 2.45) is 7.05 Å². The van der Waals surface area contributed by atoms with Crippen molar-refractivity contribution >= 4 is 16.8 Å². The molecule has 0 spiro atoms. The van der Waals surface area contributed by atoms with Gasteiger partial charge in [0.05, 0.1) is 25.3 Å². The largest absolute Gasteiger partial charge is 0.497 e. The summed E-state index contributed by atoms with van der Waals surface area (Å²) in [6.07, 6.45) is 0.874. The summed E-state index contributed by atoms with van der Waals surface area (Å²) < 4.78 is 12.6. The van der Waals surface area contributed by atoms with E-state index in [9.17, 15) is 4.79 Å². The Labute approximate surface area is 123 Å². The van der Waals surface area contributed by atoms with Gasteiger partial charge in [-0.05, 0) is 31.5 Å². The Balaban J connectivity index is 2.03. The van der Waals surface area contributed by atoms with E-state index in [0.29, 0.717) is 13.2 Å². The predicted molar refractivity (Wildman–Crippen MR) is 80.9 cm³/mol. The van der Waals surface area contributed by atoms with Crippen LogP contribution in [0.25, 0.3) is 10.9 Å². The highest BCUT2D eigenvalue weighted by Gasteiger charge is 2.23. The highest BCUT2D eigenvalue weighted by molar-refractivity contribution is 6.08. The molecule has 5 nitrogen and oxygen atoms in total. The molecule has 2 aromatic rings. The molecule has 21 heavy (non-hydrogen) atoms. The summed E-state index contributed by atoms with van der Waals surface area (Å²) in [6, 6.07) is 5.92. The van der Waals surface area contributed by atoms with E-state index in [1.165, 1.54) is 0 Å². The lowest BCUT2D eigenvalue weighted by atomic mass is 10.1. The molecule has 1 saturated heterocycles. The summed E-state index contributed by atoms with van der Waals surface area (Å²) in [5.41, 5.74) is 2.70. The van der Waals surface area contributed by atoms with Crippen LogP contribution >= 0.6 is 0 Å². The zero-order valence-electron chi connectivity index (χ0n) is 12.6. The Morgan fingerprint density at radius 1 is 1.48 bits per heavy atom. The number of hydrogen-bond acceptors (Lipinski definition) is 3. The maximum Gasteiger partial charge on any atom is 0.254 e. The van der Waals surface area contributed by atoms with Crippen molar-refractivity contribution in [1.82, 2.24) is 9.88 Å². The number of nitrogens with one attached hydrogen (secondary N) is 1. The van der Waals surface area contributed by atoms with Gasteiger partial charge in [-0.25, -0.2) is 0 Å². The number of benzene rings is 1. The summed E-state index contributed by atoms with van der Waals surface area (Å²) in [4.78, 5) is 12.6. The summed E-state index contributed by atoms with van der Waals surface area (Å²) in [6.45, 7) is 3.28. The van der Waals surface area contributed by atoms with Gasteiger partial charge in [0.25, 0.3) is 5.91 Å². The van der Waals surface area contributed by atoms with Crippen LogP contribution in [0, 0.1) is 6.92 Å². The van der Waals surface area contributed by atoms with Gasteiger partial charge in [0.2, 0.25) is 0 Å². The fourth-order valence-corrected chi connectivity index (χ4v) is 2.87. The minimum Gasteiger partial charge on any atom is -0.497 e. The van der Waals surface area contributed by atoms with E-state index in [1.54, 1.807) is 7.11 Å². The van der Waals surface area contributed by atoms with Crippen LogP contribution in [0.15, 0.2) is 18.2 Å². The first-order valence-electron chi connectivity index (χ1n) is 7.13. The summed E-state index contributed by atoms with van der Waals surface area (Å²) in [5, 5.41) is 3.98. The molecule has 1 amide bonds. The Hall–Kier alpha value is -2.01. The zero-order chi connectivity index (χ0) is 15.0. The van der Waals surface area contributed by atoms with Gasteiger partial charge in [0.1, 0.15) is 5.75 Å². The second-order valence-corrected chi connectivity index (χ2v) is 5.44. The first kappa shape index (κ1) is 13.9. The van der Waals surface area contributed by atoms with Crippen LogP contribution in [0.5, 0.6) is 5.75 Å². The van der Waals surface area contributed by atoms with Gasteiger partial charge < -0.3 is 19.4 Å². The van der Waals surface area contributed by atoms with E-state index >= 15 is 0 Å². The molecule has 112 valence electrons. The first-order valence-corrected chi connectivity index (χ1v) is 7.13. The number of aromatic nitrogens is 1. The number of nitrogens with zero attached hydrogens (tertiary/aromatic N) is 1. The second kappa shape index (κ2) is 5.41. The Morgan fingerprint density at radius 2 is 2.29 bits per heavy atom. The van der Waals surface area contributed by atoms with E-state index in [0.717, 1.165) is 34.3 Å². The normalized spacial score (nSPS) is 18.1.